The van der Waals surface area contributed by atoms with Crippen molar-refractivity contribution < 1.29 is 0 Å². The molecular formula is C14H25ClN4. The number of aromatic nitrogens is 2. The summed E-state index contributed by atoms with van der Waals surface area (Å²) < 4.78 is 0. The summed E-state index contributed by atoms with van der Waals surface area (Å²) in [6.45, 7) is 11.2. The van der Waals surface area contributed by atoms with Crippen LogP contribution in [0.3, 0.4) is 0 Å². The van der Waals surface area contributed by atoms with Crippen LogP contribution in [0.5, 0.6) is 0 Å². The minimum atomic E-state index is 0.0435. The lowest BCUT2D eigenvalue weighted by atomic mass is 10.0. The van der Waals surface area contributed by atoms with Crippen molar-refractivity contribution in [1.82, 2.24) is 14.9 Å². The minimum absolute atomic E-state index is 0.0435. The number of likely N-dealkylation sites (N-methyl/N-ethyl adjacent to an activating group) is 1. The van der Waals surface area contributed by atoms with Gasteiger partial charge in [-0.2, -0.15) is 0 Å². The summed E-state index contributed by atoms with van der Waals surface area (Å²) in [7, 11) is 4.14. The van der Waals surface area contributed by atoms with Crippen molar-refractivity contribution in [1.29, 1.82) is 0 Å². The van der Waals surface area contributed by atoms with Gasteiger partial charge in [-0.15, -0.1) is 0 Å². The molecule has 1 aromatic heterocycles. The van der Waals surface area contributed by atoms with Crippen molar-refractivity contribution in [3.05, 3.63) is 16.5 Å². The highest BCUT2D eigenvalue weighted by atomic mass is 35.5. The molecule has 1 heterocycles. The van der Waals surface area contributed by atoms with Crippen molar-refractivity contribution in [3.8, 4) is 0 Å². The van der Waals surface area contributed by atoms with Crippen molar-refractivity contribution in [3.63, 3.8) is 0 Å². The first-order valence-electron chi connectivity index (χ1n) is 6.60. The van der Waals surface area contributed by atoms with Gasteiger partial charge < -0.3 is 10.2 Å². The van der Waals surface area contributed by atoms with Gasteiger partial charge in [-0.3, -0.25) is 0 Å². The third kappa shape index (κ3) is 4.05. The summed E-state index contributed by atoms with van der Waals surface area (Å²) in [4.78, 5) is 11.1. The molecule has 0 aliphatic carbocycles. The zero-order valence-corrected chi connectivity index (χ0v) is 13.8. The number of halogens is 1. The van der Waals surface area contributed by atoms with E-state index in [1.165, 1.54) is 0 Å². The molecule has 0 radical (unpaired) electrons. The Morgan fingerprint density at radius 3 is 2.32 bits per heavy atom. The topological polar surface area (TPSA) is 41.1 Å². The zero-order chi connectivity index (χ0) is 14.8. The van der Waals surface area contributed by atoms with E-state index >= 15 is 0 Å². The third-order valence-electron chi connectivity index (χ3n) is 3.52. The molecule has 0 fully saturated rings. The molecule has 0 amide bonds. The normalized spacial score (nSPS) is 12.3. The Hall–Kier alpha value is -0.870. The minimum Gasteiger partial charge on any atom is -0.368 e. The number of rotatable bonds is 5. The Morgan fingerprint density at radius 2 is 1.84 bits per heavy atom. The highest BCUT2D eigenvalue weighted by molar-refractivity contribution is 6.30. The largest absolute Gasteiger partial charge is 0.368 e. The van der Waals surface area contributed by atoms with Gasteiger partial charge in [-0.1, -0.05) is 25.4 Å². The van der Waals surface area contributed by atoms with Gasteiger partial charge in [-0.05, 0) is 34.9 Å². The standard InChI is InChI=1S/C14H25ClN4/c1-9(2)12-17-11(15)10(3)13(18-12)16-8-14(4,5)19(6)7/h9H,8H2,1-7H3,(H,16,17,18). The average Bonchev–Trinajstić information content (AvgIpc) is 2.30. The van der Waals surface area contributed by atoms with Crippen LogP contribution in [-0.4, -0.2) is 41.0 Å². The Morgan fingerprint density at radius 1 is 1.26 bits per heavy atom. The highest BCUT2D eigenvalue weighted by Crippen LogP contribution is 2.23. The van der Waals surface area contributed by atoms with Crippen LogP contribution in [0.1, 0.15) is 45.0 Å². The molecule has 108 valence electrons. The Balaban J connectivity index is 2.95. The lowest BCUT2D eigenvalue weighted by Crippen LogP contribution is -2.44. The maximum atomic E-state index is 6.17. The van der Waals surface area contributed by atoms with Gasteiger partial charge in [0.05, 0.1) is 0 Å². The lowest BCUT2D eigenvalue weighted by Gasteiger charge is -2.33. The molecule has 0 bridgehead atoms. The molecule has 0 saturated carbocycles. The summed E-state index contributed by atoms with van der Waals surface area (Å²) in [5, 5.41) is 3.92. The fraction of sp³-hybridized carbons (Fsp3) is 0.714. The van der Waals surface area contributed by atoms with Crippen LogP contribution in [0, 0.1) is 6.92 Å². The second-order valence-corrected chi connectivity index (χ2v) is 6.42. The van der Waals surface area contributed by atoms with Crippen LogP contribution >= 0.6 is 11.6 Å². The smallest absolute Gasteiger partial charge is 0.137 e. The summed E-state index contributed by atoms with van der Waals surface area (Å²) in [5.41, 5.74) is 0.947. The van der Waals surface area contributed by atoms with Crippen molar-refractivity contribution >= 4 is 17.4 Å². The average molecular weight is 285 g/mol. The van der Waals surface area contributed by atoms with Crippen LogP contribution in [-0.2, 0) is 0 Å². The van der Waals surface area contributed by atoms with Crippen LogP contribution in [0.2, 0.25) is 5.15 Å². The van der Waals surface area contributed by atoms with Crippen LogP contribution in [0.15, 0.2) is 0 Å². The van der Waals surface area contributed by atoms with E-state index in [9.17, 15) is 0 Å². The van der Waals surface area contributed by atoms with E-state index in [2.05, 4.69) is 62.0 Å². The van der Waals surface area contributed by atoms with E-state index in [-0.39, 0.29) is 11.5 Å². The molecule has 1 rings (SSSR count). The van der Waals surface area contributed by atoms with E-state index in [1.807, 2.05) is 6.92 Å². The highest BCUT2D eigenvalue weighted by Gasteiger charge is 2.21. The van der Waals surface area contributed by atoms with E-state index < -0.39 is 0 Å². The molecule has 0 atom stereocenters. The Labute approximate surface area is 121 Å². The van der Waals surface area contributed by atoms with Crippen LogP contribution < -0.4 is 5.32 Å². The van der Waals surface area contributed by atoms with Gasteiger partial charge in [-0.25, -0.2) is 9.97 Å². The molecule has 0 aliphatic rings. The predicted octanol–water partition coefficient (Wildman–Crippen LogP) is 3.31. The van der Waals surface area contributed by atoms with Gasteiger partial charge in [0, 0.05) is 23.6 Å². The molecule has 1 N–H and O–H groups in total. The number of nitrogens with zero attached hydrogens (tertiary/aromatic N) is 3. The molecule has 0 aliphatic heterocycles. The first-order chi connectivity index (χ1) is 8.65. The molecule has 1 aromatic rings. The predicted molar refractivity (Wildman–Crippen MR) is 82.1 cm³/mol. The summed E-state index contributed by atoms with van der Waals surface area (Å²) in [6.07, 6.45) is 0. The molecule has 19 heavy (non-hydrogen) atoms. The molecule has 0 unspecified atom stereocenters. The first-order valence-corrected chi connectivity index (χ1v) is 6.98. The second kappa shape index (κ2) is 6.06. The number of nitrogens with one attached hydrogen (secondary N) is 1. The second-order valence-electron chi connectivity index (χ2n) is 6.06. The van der Waals surface area contributed by atoms with E-state index in [4.69, 9.17) is 11.6 Å². The molecule has 0 saturated heterocycles. The molecule has 5 heteroatoms. The maximum Gasteiger partial charge on any atom is 0.137 e. The number of hydrogen-bond donors (Lipinski definition) is 1. The number of anilines is 1. The van der Waals surface area contributed by atoms with Gasteiger partial charge in [0.2, 0.25) is 0 Å². The first kappa shape index (κ1) is 16.2. The van der Waals surface area contributed by atoms with E-state index in [0.717, 1.165) is 23.8 Å². The van der Waals surface area contributed by atoms with Crippen LogP contribution in [0.25, 0.3) is 0 Å². The lowest BCUT2D eigenvalue weighted by molar-refractivity contribution is 0.210. The molecular weight excluding hydrogens is 260 g/mol. The SMILES string of the molecule is Cc1c(Cl)nc(C(C)C)nc1NCC(C)(C)N(C)C. The van der Waals surface area contributed by atoms with Crippen molar-refractivity contribution in [2.45, 2.75) is 46.1 Å². The van der Waals surface area contributed by atoms with E-state index in [1.54, 1.807) is 0 Å². The monoisotopic (exact) mass is 284 g/mol. The summed E-state index contributed by atoms with van der Waals surface area (Å²) in [5.74, 6) is 1.87. The van der Waals surface area contributed by atoms with Gasteiger partial charge in [0.25, 0.3) is 0 Å². The summed E-state index contributed by atoms with van der Waals surface area (Å²) in [6, 6.07) is 0. The van der Waals surface area contributed by atoms with Gasteiger partial charge >= 0.3 is 0 Å². The fourth-order valence-corrected chi connectivity index (χ4v) is 1.57. The Kier molecular flexibility index (Phi) is 5.16. The number of hydrogen-bond acceptors (Lipinski definition) is 4. The van der Waals surface area contributed by atoms with Gasteiger partial charge in [0.1, 0.15) is 16.8 Å². The maximum absolute atomic E-state index is 6.17. The van der Waals surface area contributed by atoms with E-state index in [0.29, 0.717) is 5.15 Å². The van der Waals surface area contributed by atoms with Gasteiger partial charge in [0.15, 0.2) is 0 Å². The fourth-order valence-electron chi connectivity index (χ4n) is 1.39. The van der Waals surface area contributed by atoms with Crippen LogP contribution in [0.4, 0.5) is 5.82 Å². The molecule has 0 aromatic carbocycles. The summed E-state index contributed by atoms with van der Waals surface area (Å²) >= 11 is 6.17. The quantitative estimate of drug-likeness (QED) is 0.842. The third-order valence-corrected chi connectivity index (χ3v) is 3.89. The Bertz CT molecular complexity index is 441. The molecule has 4 nitrogen and oxygen atoms in total. The van der Waals surface area contributed by atoms with Crippen molar-refractivity contribution in [2.75, 3.05) is 26.0 Å². The zero-order valence-electron chi connectivity index (χ0n) is 13.0. The molecule has 0 spiro atoms. The van der Waals surface area contributed by atoms with Crippen molar-refractivity contribution in [2.24, 2.45) is 0 Å².